The Kier molecular flexibility index (Phi) is 3.20. The van der Waals surface area contributed by atoms with Crippen LogP contribution in [0.1, 0.15) is 16.7 Å². The lowest BCUT2D eigenvalue weighted by molar-refractivity contribution is 0.581. The van der Waals surface area contributed by atoms with Gasteiger partial charge in [0.15, 0.2) is 0 Å². The summed E-state index contributed by atoms with van der Waals surface area (Å²) in [6, 6.07) is 11.2. The zero-order valence-corrected chi connectivity index (χ0v) is 10.9. The molecule has 0 saturated carbocycles. The van der Waals surface area contributed by atoms with Crippen molar-refractivity contribution in [2.75, 3.05) is 0 Å². The molecule has 3 aromatic rings. The minimum Gasteiger partial charge on any atom is -0.464 e. The Labute approximate surface area is 120 Å². The van der Waals surface area contributed by atoms with Crippen LogP contribution >= 0.6 is 0 Å². The van der Waals surface area contributed by atoms with Gasteiger partial charge in [-0.3, -0.25) is 0 Å². The lowest BCUT2D eigenvalue weighted by atomic mass is 9.95. The Morgan fingerprint density at radius 2 is 2.10 bits per heavy atom. The Bertz CT molecular complexity index is 836. The highest BCUT2D eigenvalue weighted by Crippen LogP contribution is 2.30. The lowest BCUT2D eigenvalue weighted by Crippen LogP contribution is -2.04. The van der Waals surface area contributed by atoms with E-state index in [4.69, 9.17) is 4.42 Å². The molecular weight excluding hydrogens is 266 g/mol. The van der Waals surface area contributed by atoms with E-state index in [1.807, 2.05) is 0 Å². The molecule has 0 bridgehead atoms. The van der Waals surface area contributed by atoms with Gasteiger partial charge in [0.2, 0.25) is 0 Å². The summed E-state index contributed by atoms with van der Waals surface area (Å²) in [5.74, 6) is 0.503. The van der Waals surface area contributed by atoms with Crippen LogP contribution in [-0.2, 0) is 6.54 Å². The van der Waals surface area contributed by atoms with Crippen molar-refractivity contribution in [3.05, 3.63) is 59.9 Å². The third-order valence-electron chi connectivity index (χ3n) is 3.09. The largest absolute Gasteiger partial charge is 0.464 e. The van der Waals surface area contributed by atoms with Gasteiger partial charge in [-0.25, -0.2) is 9.67 Å². The van der Waals surface area contributed by atoms with Crippen molar-refractivity contribution in [1.29, 1.82) is 10.5 Å². The second-order valence-corrected chi connectivity index (χ2v) is 4.32. The van der Waals surface area contributed by atoms with Crippen LogP contribution in [0.15, 0.2) is 47.6 Å². The van der Waals surface area contributed by atoms with Crippen LogP contribution in [0.3, 0.4) is 0 Å². The van der Waals surface area contributed by atoms with E-state index < -0.39 is 0 Å². The van der Waals surface area contributed by atoms with Crippen LogP contribution in [0.2, 0.25) is 0 Å². The molecule has 100 valence electrons. The maximum atomic E-state index is 9.50. The molecular formula is C15H9N5O. The normalized spacial score (nSPS) is 10.0. The van der Waals surface area contributed by atoms with E-state index >= 15 is 0 Å². The molecule has 0 unspecified atom stereocenters. The molecule has 0 N–H and O–H groups in total. The van der Waals surface area contributed by atoms with Gasteiger partial charge in [0, 0.05) is 0 Å². The summed E-state index contributed by atoms with van der Waals surface area (Å²) in [5.41, 5.74) is 2.10. The SMILES string of the molecule is N#Cc1ccc(Cn2cncn2)c(C#N)c1-c1ccco1. The average molecular weight is 275 g/mol. The predicted octanol–water partition coefficient (Wildman–Crippen LogP) is 2.33. The van der Waals surface area contributed by atoms with Gasteiger partial charge in [-0.15, -0.1) is 0 Å². The van der Waals surface area contributed by atoms with Gasteiger partial charge in [-0.1, -0.05) is 6.07 Å². The van der Waals surface area contributed by atoms with Crippen molar-refractivity contribution < 1.29 is 4.42 Å². The monoisotopic (exact) mass is 275 g/mol. The third kappa shape index (κ3) is 2.26. The molecule has 3 rings (SSSR count). The highest BCUT2D eigenvalue weighted by Gasteiger charge is 2.17. The molecule has 0 aliphatic rings. The van der Waals surface area contributed by atoms with E-state index in [9.17, 15) is 10.5 Å². The number of hydrogen-bond acceptors (Lipinski definition) is 5. The van der Waals surface area contributed by atoms with Crippen molar-refractivity contribution in [3.63, 3.8) is 0 Å². The molecule has 0 radical (unpaired) electrons. The Hall–Kier alpha value is -3.38. The van der Waals surface area contributed by atoms with E-state index in [1.54, 1.807) is 35.3 Å². The second kappa shape index (κ2) is 5.32. The van der Waals surface area contributed by atoms with Gasteiger partial charge >= 0.3 is 0 Å². The number of hydrogen-bond donors (Lipinski definition) is 0. The van der Waals surface area contributed by atoms with Crippen LogP contribution in [0.5, 0.6) is 0 Å². The summed E-state index contributed by atoms with van der Waals surface area (Å²) < 4.78 is 6.98. The summed E-state index contributed by atoms with van der Waals surface area (Å²) >= 11 is 0. The Morgan fingerprint density at radius 1 is 1.19 bits per heavy atom. The number of rotatable bonds is 3. The van der Waals surface area contributed by atoms with Gasteiger partial charge in [0.25, 0.3) is 0 Å². The first-order valence-corrected chi connectivity index (χ1v) is 6.16. The maximum absolute atomic E-state index is 9.50. The zero-order valence-electron chi connectivity index (χ0n) is 10.9. The fraction of sp³-hybridized carbons (Fsp3) is 0.0667. The van der Waals surface area contributed by atoms with E-state index in [2.05, 4.69) is 22.2 Å². The minimum atomic E-state index is 0.405. The predicted molar refractivity (Wildman–Crippen MR) is 72.7 cm³/mol. The summed E-state index contributed by atoms with van der Waals surface area (Å²) in [4.78, 5) is 3.88. The smallest absolute Gasteiger partial charge is 0.137 e. The van der Waals surface area contributed by atoms with E-state index in [-0.39, 0.29) is 0 Å². The lowest BCUT2D eigenvalue weighted by Gasteiger charge is -2.09. The second-order valence-electron chi connectivity index (χ2n) is 4.32. The van der Waals surface area contributed by atoms with E-state index in [0.29, 0.717) is 29.0 Å². The Balaban J connectivity index is 2.18. The molecule has 21 heavy (non-hydrogen) atoms. The van der Waals surface area contributed by atoms with Crippen LogP contribution in [0.4, 0.5) is 0 Å². The number of nitrogens with zero attached hydrogens (tertiary/aromatic N) is 5. The number of aromatic nitrogens is 3. The fourth-order valence-corrected chi connectivity index (χ4v) is 2.16. The van der Waals surface area contributed by atoms with Gasteiger partial charge in [-0.2, -0.15) is 15.6 Å². The molecule has 0 amide bonds. The molecule has 0 saturated heterocycles. The summed E-state index contributed by atoms with van der Waals surface area (Å²) in [6.07, 6.45) is 4.52. The summed E-state index contributed by atoms with van der Waals surface area (Å²) in [5, 5.41) is 22.8. The molecule has 0 spiro atoms. The topological polar surface area (TPSA) is 91.4 Å². The van der Waals surface area contributed by atoms with Gasteiger partial charge in [0.05, 0.1) is 35.6 Å². The van der Waals surface area contributed by atoms with Crippen molar-refractivity contribution in [2.45, 2.75) is 6.54 Å². The number of benzene rings is 1. The first kappa shape index (κ1) is 12.6. The van der Waals surface area contributed by atoms with Crippen LogP contribution in [-0.4, -0.2) is 14.8 Å². The molecule has 1 aromatic carbocycles. The highest BCUT2D eigenvalue weighted by molar-refractivity contribution is 5.74. The van der Waals surface area contributed by atoms with Crippen molar-refractivity contribution in [2.24, 2.45) is 0 Å². The number of nitriles is 2. The highest BCUT2D eigenvalue weighted by atomic mass is 16.3. The Morgan fingerprint density at radius 3 is 2.71 bits per heavy atom. The third-order valence-corrected chi connectivity index (χ3v) is 3.09. The molecule has 6 heteroatoms. The molecule has 0 aliphatic heterocycles. The quantitative estimate of drug-likeness (QED) is 0.731. The molecule has 0 fully saturated rings. The van der Waals surface area contributed by atoms with Crippen LogP contribution < -0.4 is 0 Å². The summed E-state index contributed by atoms with van der Waals surface area (Å²) in [6.45, 7) is 0.405. The molecule has 0 aliphatic carbocycles. The molecule has 6 nitrogen and oxygen atoms in total. The van der Waals surface area contributed by atoms with Crippen molar-refractivity contribution in [1.82, 2.24) is 14.8 Å². The molecule has 2 aromatic heterocycles. The fourth-order valence-electron chi connectivity index (χ4n) is 2.16. The first-order valence-electron chi connectivity index (χ1n) is 6.16. The van der Waals surface area contributed by atoms with E-state index in [0.717, 1.165) is 5.56 Å². The number of furan rings is 1. The minimum absolute atomic E-state index is 0.405. The molecule has 2 heterocycles. The van der Waals surface area contributed by atoms with Gasteiger partial charge in [-0.05, 0) is 23.8 Å². The van der Waals surface area contributed by atoms with Crippen LogP contribution in [0, 0.1) is 22.7 Å². The first-order chi connectivity index (χ1) is 10.3. The maximum Gasteiger partial charge on any atom is 0.137 e. The summed E-state index contributed by atoms with van der Waals surface area (Å²) in [7, 11) is 0. The standard InChI is InChI=1S/C15H9N5O/c16-6-11-3-4-12(8-20-10-18-9-19-20)13(7-17)15(11)14-2-1-5-21-14/h1-5,9-10H,8H2. The van der Waals surface area contributed by atoms with Gasteiger partial charge in [0.1, 0.15) is 24.5 Å². The van der Waals surface area contributed by atoms with Gasteiger partial charge < -0.3 is 4.42 Å². The van der Waals surface area contributed by atoms with Crippen molar-refractivity contribution in [3.8, 4) is 23.5 Å². The van der Waals surface area contributed by atoms with Crippen LogP contribution in [0.25, 0.3) is 11.3 Å². The molecule has 0 atom stereocenters. The average Bonchev–Trinajstić information content (AvgIpc) is 3.20. The van der Waals surface area contributed by atoms with Crippen molar-refractivity contribution >= 4 is 0 Å². The zero-order chi connectivity index (χ0) is 14.7. The van der Waals surface area contributed by atoms with E-state index in [1.165, 1.54) is 12.6 Å².